The van der Waals surface area contributed by atoms with E-state index in [0.29, 0.717) is 18.8 Å². The molecule has 0 spiro atoms. The molecule has 19 heavy (non-hydrogen) atoms. The lowest BCUT2D eigenvalue weighted by atomic mass is 9.88. The molecule has 0 aliphatic carbocycles. The first-order chi connectivity index (χ1) is 8.86. The molecule has 1 aliphatic rings. The highest BCUT2D eigenvalue weighted by molar-refractivity contribution is 5.98. The van der Waals surface area contributed by atoms with E-state index in [1.807, 2.05) is 13.8 Å². The van der Waals surface area contributed by atoms with E-state index >= 15 is 0 Å². The Kier molecular flexibility index (Phi) is 5.39. The largest absolute Gasteiger partial charge is 0.340 e. The summed E-state index contributed by atoms with van der Waals surface area (Å²) in [5, 5.41) is 2.90. The molecular weight excluding hydrogens is 240 g/mol. The van der Waals surface area contributed by atoms with Crippen LogP contribution in [0.25, 0.3) is 0 Å². The van der Waals surface area contributed by atoms with E-state index in [1.54, 1.807) is 4.90 Å². The highest BCUT2D eigenvalue weighted by atomic mass is 16.2. The van der Waals surface area contributed by atoms with Crippen LogP contribution in [0, 0.1) is 5.92 Å². The Morgan fingerprint density at radius 3 is 2.21 bits per heavy atom. The Hall–Kier alpha value is -1.06. The van der Waals surface area contributed by atoms with Gasteiger partial charge in [-0.2, -0.15) is 0 Å². The van der Waals surface area contributed by atoms with Gasteiger partial charge >= 0.3 is 0 Å². The van der Waals surface area contributed by atoms with Gasteiger partial charge in [0.2, 0.25) is 11.8 Å². The number of nitrogens with one attached hydrogen (secondary N) is 1. The first-order valence-electron chi connectivity index (χ1n) is 7.48. The molecule has 0 aromatic rings. The van der Waals surface area contributed by atoms with Crippen molar-refractivity contribution in [2.24, 2.45) is 5.92 Å². The summed E-state index contributed by atoms with van der Waals surface area (Å²) in [5.74, 6) is 0.686. The maximum Gasteiger partial charge on any atom is 0.249 e. The minimum absolute atomic E-state index is 0.0281. The second-order valence-electron chi connectivity index (χ2n) is 6.09. The van der Waals surface area contributed by atoms with Crippen LogP contribution in [0.5, 0.6) is 0 Å². The summed E-state index contributed by atoms with van der Waals surface area (Å²) < 4.78 is 0. The van der Waals surface area contributed by atoms with Gasteiger partial charge in [0.15, 0.2) is 0 Å². The van der Waals surface area contributed by atoms with Gasteiger partial charge in [0.25, 0.3) is 0 Å². The van der Waals surface area contributed by atoms with Gasteiger partial charge in [0.05, 0.1) is 6.54 Å². The van der Waals surface area contributed by atoms with Crippen LogP contribution in [0.2, 0.25) is 0 Å². The van der Waals surface area contributed by atoms with Crippen LogP contribution < -0.4 is 5.32 Å². The van der Waals surface area contributed by atoms with Crippen molar-refractivity contribution in [1.29, 1.82) is 0 Å². The molecule has 1 aliphatic heterocycles. The first-order valence-corrected chi connectivity index (χ1v) is 7.48. The molecule has 2 amide bonds. The molecule has 1 rings (SSSR count). The van der Waals surface area contributed by atoms with Gasteiger partial charge in [0, 0.05) is 6.04 Å². The zero-order valence-electron chi connectivity index (χ0n) is 13.0. The molecule has 1 N–H and O–H groups in total. The van der Waals surface area contributed by atoms with E-state index < -0.39 is 5.54 Å². The van der Waals surface area contributed by atoms with Gasteiger partial charge in [-0.15, -0.1) is 0 Å². The molecule has 0 bridgehead atoms. The van der Waals surface area contributed by atoms with Gasteiger partial charge < -0.3 is 10.2 Å². The Bertz CT molecular complexity index is 335. The van der Waals surface area contributed by atoms with Gasteiger partial charge in [-0.25, -0.2) is 0 Å². The molecule has 0 radical (unpaired) electrons. The Labute approximate surface area is 116 Å². The summed E-state index contributed by atoms with van der Waals surface area (Å²) in [4.78, 5) is 26.3. The zero-order valence-corrected chi connectivity index (χ0v) is 13.0. The third-order valence-electron chi connectivity index (χ3n) is 4.26. The van der Waals surface area contributed by atoms with E-state index in [2.05, 4.69) is 26.1 Å². The number of hydrogen-bond donors (Lipinski definition) is 1. The van der Waals surface area contributed by atoms with Crippen molar-refractivity contribution in [3.8, 4) is 0 Å². The van der Waals surface area contributed by atoms with Gasteiger partial charge in [-0.1, -0.05) is 27.7 Å². The molecular formula is C15H28N2O2. The van der Waals surface area contributed by atoms with Crippen LogP contribution in [0.3, 0.4) is 0 Å². The van der Waals surface area contributed by atoms with Crippen molar-refractivity contribution in [1.82, 2.24) is 10.2 Å². The molecule has 1 unspecified atom stereocenters. The molecule has 1 heterocycles. The van der Waals surface area contributed by atoms with Crippen molar-refractivity contribution < 1.29 is 9.59 Å². The van der Waals surface area contributed by atoms with Crippen LogP contribution >= 0.6 is 0 Å². The summed E-state index contributed by atoms with van der Waals surface area (Å²) in [6.07, 6.45) is 3.35. The number of hydrogen-bond acceptors (Lipinski definition) is 2. The Morgan fingerprint density at radius 2 is 1.74 bits per heavy atom. The van der Waals surface area contributed by atoms with E-state index in [-0.39, 0.29) is 24.4 Å². The van der Waals surface area contributed by atoms with Crippen LogP contribution in [0.1, 0.15) is 60.3 Å². The molecule has 1 atom stereocenters. The van der Waals surface area contributed by atoms with Crippen LogP contribution in [-0.2, 0) is 9.59 Å². The summed E-state index contributed by atoms with van der Waals surface area (Å²) in [6, 6.07) is 0.137. The number of carbonyl (C=O) groups excluding carboxylic acids is 2. The van der Waals surface area contributed by atoms with Crippen molar-refractivity contribution in [2.45, 2.75) is 71.9 Å². The zero-order chi connectivity index (χ0) is 14.6. The van der Waals surface area contributed by atoms with Gasteiger partial charge in [0.1, 0.15) is 5.54 Å². The topological polar surface area (TPSA) is 49.4 Å². The van der Waals surface area contributed by atoms with Crippen molar-refractivity contribution in [3.05, 3.63) is 0 Å². The lowest BCUT2D eigenvalue weighted by molar-refractivity contribution is -0.152. The lowest BCUT2D eigenvalue weighted by Crippen LogP contribution is -2.67. The fourth-order valence-corrected chi connectivity index (χ4v) is 2.68. The predicted octanol–water partition coefficient (Wildman–Crippen LogP) is 2.33. The summed E-state index contributed by atoms with van der Waals surface area (Å²) in [6.45, 7) is 10.5. The highest BCUT2D eigenvalue weighted by Gasteiger charge is 2.45. The van der Waals surface area contributed by atoms with Gasteiger partial charge in [-0.05, 0) is 38.5 Å². The molecule has 110 valence electrons. The maximum atomic E-state index is 12.7. The SMILES string of the molecule is CCC1(CC)NC(=O)CN(C(C)CCC(C)C)C1=O. The summed E-state index contributed by atoms with van der Waals surface area (Å²) in [5.41, 5.74) is -0.679. The summed E-state index contributed by atoms with van der Waals surface area (Å²) >= 11 is 0. The molecule has 1 saturated heterocycles. The number of nitrogens with zero attached hydrogens (tertiary/aromatic N) is 1. The fourth-order valence-electron chi connectivity index (χ4n) is 2.68. The molecule has 4 nitrogen and oxygen atoms in total. The van der Waals surface area contributed by atoms with Crippen LogP contribution in [0.15, 0.2) is 0 Å². The van der Waals surface area contributed by atoms with Crippen LogP contribution in [0.4, 0.5) is 0 Å². The van der Waals surface area contributed by atoms with E-state index in [0.717, 1.165) is 12.8 Å². The molecule has 1 fully saturated rings. The maximum absolute atomic E-state index is 12.7. The normalized spacial score (nSPS) is 20.6. The number of piperazine rings is 1. The Morgan fingerprint density at radius 1 is 1.16 bits per heavy atom. The van der Waals surface area contributed by atoms with Crippen molar-refractivity contribution >= 4 is 11.8 Å². The average Bonchev–Trinajstić information content (AvgIpc) is 2.38. The minimum Gasteiger partial charge on any atom is -0.340 e. The van der Waals surface area contributed by atoms with Crippen LogP contribution in [-0.4, -0.2) is 34.8 Å². The quantitative estimate of drug-likeness (QED) is 0.803. The van der Waals surface area contributed by atoms with E-state index in [4.69, 9.17) is 0 Å². The molecule has 0 aromatic heterocycles. The third kappa shape index (κ3) is 3.48. The molecule has 4 heteroatoms. The smallest absolute Gasteiger partial charge is 0.249 e. The Balaban J connectivity index is 2.82. The number of rotatable bonds is 6. The number of amides is 2. The predicted molar refractivity (Wildman–Crippen MR) is 76.7 cm³/mol. The number of carbonyl (C=O) groups is 2. The fraction of sp³-hybridized carbons (Fsp3) is 0.867. The second-order valence-corrected chi connectivity index (χ2v) is 6.09. The van der Waals surface area contributed by atoms with Crippen molar-refractivity contribution in [3.63, 3.8) is 0 Å². The standard InChI is InChI=1S/C15H28N2O2/c1-6-15(7-2)14(19)17(10-13(18)16-15)12(5)9-8-11(3)4/h11-12H,6-10H2,1-5H3,(H,16,18). The highest BCUT2D eigenvalue weighted by Crippen LogP contribution is 2.25. The lowest BCUT2D eigenvalue weighted by Gasteiger charge is -2.43. The van der Waals surface area contributed by atoms with E-state index in [9.17, 15) is 9.59 Å². The first kappa shape index (κ1) is 16.0. The van der Waals surface area contributed by atoms with Gasteiger partial charge in [-0.3, -0.25) is 9.59 Å². The minimum atomic E-state index is -0.679. The van der Waals surface area contributed by atoms with Crippen molar-refractivity contribution in [2.75, 3.05) is 6.54 Å². The average molecular weight is 268 g/mol. The summed E-state index contributed by atoms with van der Waals surface area (Å²) in [7, 11) is 0. The third-order valence-corrected chi connectivity index (χ3v) is 4.26. The second kappa shape index (κ2) is 6.40. The molecule has 0 saturated carbocycles. The monoisotopic (exact) mass is 268 g/mol. The molecule has 0 aromatic carbocycles. The van der Waals surface area contributed by atoms with E-state index in [1.165, 1.54) is 0 Å².